The molecule has 0 saturated heterocycles. The molecule has 1 aliphatic rings. The molecule has 2 rings (SSSR count). The number of H-pyrrole nitrogens is 2. The van der Waals surface area contributed by atoms with Gasteiger partial charge in [0, 0.05) is 19.3 Å². The third kappa shape index (κ3) is 1.45. The van der Waals surface area contributed by atoms with Crippen LogP contribution in [0.1, 0.15) is 29.8 Å². The summed E-state index contributed by atoms with van der Waals surface area (Å²) in [5.41, 5.74) is -0.000223. The first-order valence-corrected chi connectivity index (χ1v) is 4.73. The highest BCUT2D eigenvalue weighted by molar-refractivity contribution is 5.92. The molecule has 0 unspecified atom stereocenters. The fourth-order valence-electron chi connectivity index (χ4n) is 1.58. The Balaban J connectivity index is 2.10. The van der Waals surface area contributed by atoms with Crippen molar-refractivity contribution in [1.82, 2.24) is 14.9 Å². The molecule has 76 valence electrons. The van der Waals surface area contributed by atoms with Gasteiger partial charge in [-0.05, 0) is 19.3 Å². The summed E-state index contributed by atoms with van der Waals surface area (Å²) in [6, 6.07) is 0.348. The molecule has 1 heterocycles. The van der Waals surface area contributed by atoms with Crippen LogP contribution in [0.4, 0.5) is 0 Å². The molecular weight excluding hydrogens is 182 g/mol. The van der Waals surface area contributed by atoms with Gasteiger partial charge in [-0.2, -0.15) is 0 Å². The Kier molecular flexibility index (Phi) is 2.15. The van der Waals surface area contributed by atoms with Crippen molar-refractivity contribution in [3.8, 4) is 0 Å². The molecule has 0 bridgehead atoms. The minimum Gasteiger partial charge on any atom is -0.337 e. The van der Waals surface area contributed by atoms with Crippen molar-refractivity contribution in [2.75, 3.05) is 7.05 Å². The number of carbonyl (C=O) groups is 1. The van der Waals surface area contributed by atoms with E-state index in [9.17, 15) is 9.59 Å². The predicted molar refractivity (Wildman–Crippen MR) is 51.1 cm³/mol. The smallest absolute Gasteiger partial charge is 0.323 e. The number of hydrogen-bond donors (Lipinski definition) is 2. The highest BCUT2D eigenvalue weighted by atomic mass is 16.2. The maximum absolute atomic E-state index is 11.7. The number of aromatic amines is 2. The summed E-state index contributed by atoms with van der Waals surface area (Å²) in [5.74, 6) is -0.118. The largest absolute Gasteiger partial charge is 0.337 e. The van der Waals surface area contributed by atoms with Gasteiger partial charge in [0.05, 0.1) is 0 Å². The maximum Gasteiger partial charge on any atom is 0.323 e. The molecule has 1 saturated carbocycles. The van der Waals surface area contributed by atoms with E-state index in [1.807, 2.05) is 0 Å². The standard InChI is InChI=1S/C9H13N3O2/c1-12(6-3-2-4-6)8(13)7-5-10-9(14)11-7/h5-6H,2-4H2,1H3,(H2,10,11,14). The third-order valence-electron chi connectivity index (χ3n) is 2.77. The van der Waals surface area contributed by atoms with Crippen LogP contribution in [-0.4, -0.2) is 33.9 Å². The molecule has 0 spiro atoms. The first kappa shape index (κ1) is 9.05. The second kappa shape index (κ2) is 3.32. The van der Waals surface area contributed by atoms with Crippen molar-refractivity contribution in [3.63, 3.8) is 0 Å². The number of aromatic nitrogens is 2. The average molecular weight is 195 g/mol. The predicted octanol–water partition coefficient (Wildman–Crippen LogP) is 0.327. The molecule has 0 aromatic carbocycles. The molecule has 1 fully saturated rings. The van der Waals surface area contributed by atoms with Crippen LogP contribution in [-0.2, 0) is 0 Å². The summed E-state index contributed by atoms with van der Waals surface area (Å²) in [7, 11) is 1.78. The number of amides is 1. The van der Waals surface area contributed by atoms with Crippen LogP contribution in [0.25, 0.3) is 0 Å². The van der Waals surface area contributed by atoms with Crippen molar-refractivity contribution in [3.05, 3.63) is 22.4 Å². The number of imidazole rings is 1. The Morgan fingerprint density at radius 1 is 1.57 bits per heavy atom. The lowest BCUT2D eigenvalue weighted by Crippen LogP contribution is -2.41. The summed E-state index contributed by atoms with van der Waals surface area (Å²) >= 11 is 0. The zero-order chi connectivity index (χ0) is 10.1. The van der Waals surface area contributed by atoms with E-state index in [4.69, 9.17) is 0 Å². The Morgan fingerprint density at radius 3 is 2.71 bits per heavy atom. The monoisotopic (exact) mass is 195 g/mol. The molecule has 2 N–H and O–H groups in total. The van der Waals surface area contributed by atoms with Crippen LogP contribution in [0.2, 0.25) is 0 Å². The van der Waals surface area contributed by atoms with Crippen molar-refractivity contribution >= 4 is 5.91 Å². The van der Waals surface area contributed by atoms with E-state index in [0.29, 0.717) is 11.7 Å². The average Bonchev–Trinajstić information content (AvgIpc) is 2.47. The van der Waals surface area contributed by atoms with E-state index < -0.39 is 0 Å². The molecule has 0 radical (unpaired) electrons. The van der Waals surface area contributed by atoms with Crippen LogP contribution >= 0.6 is 0 Å². The first-order chi connectivity index (χ1) is 6.68. The zero-order valence-corrected chi connectivity index (χ0v) is 8.04. The number of hydrogen-bond acceptors (Lipinski definition) is 2. The Labute approximate surface area is 81.1 Å². The molecule has 1 aromatic heterocycles. The summed E-state index contributed by atoms with van der Waals surface area (Å²) in [4.78, 5) is 29.1. The third-order valence-corrected chi connectivity index (χ3v) is 2.77. The van der Waals surface area contributed by atoms with Gasteiger partial charge < -0.3 is 14.9 Å². The molecule has 14 heavy (non-hydrogen) atoms. The fourth-order valence-corrected chi connectivity index (χ4v) is 1.58. The van der Waals surface area contributed by atoms with Gasteiger partial charge in [0.1, 0.15) is 5.69 Å². The van der Waals surface area contributed by atoms with E-state index in [0.717, 1.165) is 12.8 Å². The van der Waals surface area contributed by atoms with Gasteiger partial charge in [-0.3, -0.25) is 4.79 Å². The van der Waals surface area contributed by atoms with E-state index in [1.165, 1.54) is 12.6 Å². The summed E-state index contributed by atoms with van der Waals surface area (Å²) in [6.45, 7) is 0. The quantitative estimate of drug-likeness (QED) is 0.713. The van der Waals surface area contributed by atoms with E-state index >= 15 is 0 Å². The van der Waals surface area contributed by atoms with Crippen LogP contribution in [0.5, 0.6) is 0 Å². The number of rotatable bonds is 2. The molecule has 0 atom stereocenters. The van der Waals surface area contributed by atoms with Crippen LogP contribution in [0.15, 0.2) is 11.0 Å². The second-order valence-corrected chi connectivity index (χ2v) is 3.66. The van der Waals surface area contributed by atoms with Crippen molar-refractivity contribution in [2.45, 2.75) is 25.3 Å². The van der Waals surface area contributed by atoms with Crippen molar-refractivity contribution in [1.29, 1.82) is 0 Å². The van der Waals surface area contributed by atoms with Gasteiger partial charge in [0.2, 0.25) is 0 Å². The summed E-state index contributed by atoms with van der Waals surface area (Å²) in [5, 5.41) is 0. The summed E-state index contributed by atoms with van der Waals surface area (Å²) in [6.07, 6.45) is 4.74. The van der Waals surface area contributed by atoms with Crippen molar-refractivity contribution < 1.29 is 4.79 Å². The van der Waals surface area contributed by atoms with Crippen LogP contribution in [0, 0.1) is 0 Å². The zero-order valence-electron chi connectivity index (χ0n) is 8.04. The normalized spacial score (nSPS) is 16.4. The first-order valence-electron chi connectivity index (χ1n) is 4.73. The molecule has 5 nitrogen and oxygen atoms in total. The Hall–Kier alpha value is -1.52. The van der Waals surface area contributed by atoms with E-state index in [2.05, 4.69) is 9.97 Å². The highest BCUT2D eigenvalue weighted by Crippen LogP contribution is 2.24. The molecular formula is C9H13N3O2. The molecule has 1 aromatic rings. The number of carbonyl (C=O) groups excluding carboxylic acids is 1. The lowest BCUT2D eigenvalue weighted by atomic mass is 9.92. The SMILES string of the molecule is CN(C(=O)c1c[nH]c(=O)[nH]1)C1CCC1. The topological polar surface area (TPSA) is 69.0 Å². The Bertz CT molecular complexity index is 389. The van der Waals surface area contributed by atoms with Gasteiger partial charge in [-0.1, -0.05) is 0 Å². The number of nitrogens with zero attached hydrogens (tertiary/aromatic N) is 1. The van der Waals surface area contributed by atoms with Gasteiger partial charge in [-0.25, -0.2) is 4.79 Å². The number of nitrogens with one attached hydrogen (secondary N) is 2. The minimum atomic E-state index is -0.338. The molecule has 5 heteroatoms. The van der Waals surface area contributed by atoms with E-state index in [-0.39, 0.29) is 11.6 Å². The fraction of sp³-hybridized carbons (Fsp3) is 0.556. The van der Waals surface area contributed by atoms with Gasteiger partial charge in [0.15, 0.2) is 0 Å². The maximum atomic E-state index is 11.7. The lowest BCUT2D eigenvalue weighted by molar-refractivity contribution is 0.0646. The second-order valence-electron chi connectivity index (χ2n) is 3.66. The Morgan fingerprint density at radius 2 is 2.29 bits per heavy atom. The molecule has 0 aliphatic heterocycles. The van der Waals surface area contributed by atoms with Crippen molar-refractivity contribution in [2.24, 2.45) is 0 Å². The molecule has 1 aliphatic carbocycles. The molecule has 1 amide bonds. The van der Waals surface area contributed by atoms with Gasteiger partial charge in [-0.15, -0.1) is 0 Å². The van der Waals surface area contributed by atoms with Crippen LogP contribution < -0.4 is 5.69 Å². The highest BCUT2D eigenvalue weighted by Gasteiger charge is 2.26. The van der Waals surface area contributed by atoms with Crippen LogP contribution in [0.3, 0.4) is 0 Å². The summed E-state index contributed by atoms with van der Waals surface area (Å²) < 4.78 is 0. The van der Waals surface area contributed by atoms with Gasteiger partial charge in [0.25, 0.3) is 5.91 Å². The lowest BCUT2D eigenvalue weighted by Gasteiger charge is -2.34. The van der Waals surface area contributed by atoms with Gasteiger partial charge >= 0.3 is 5.69 Å². The minimum absolute atomic E-state index is 0.118. The van der Waals surface area contributed by atoms with E-state index in [1.54, 1.807) is 11.9 Å².